The van der Waals surface area contributed by atoms with Crippen LogP contribution in [0.5, 0.6) is 0 Å². The van der Waals surface area contributed by atoms with Crippen molar-refractivity contribution >= 4 is 11.9 Å². The first kappa shape index (κ1) is 14.1. The summed E-state index contributed by atoms with van der Waals surface area (Å²) in [6.07, 6.45) is 2.79. The Bertz CT molecular complexity index is 406. The van der Waals surface area contributed by atoms with Crippen molar-refractivity contribution < 1.29 is 19.8 Å². The van der Waals surface area contributed by atoms with Gasteiger partial charge in [0.1, 0.15) is 0 Å². The number of carboxylic acid groups (broad SMARTS) is 1. The second-order valence-electron chi connectivity index (χ2n) is 3.98. The third-order valence-electron chi connectivity index (χ3n) is 2.46. The van der Waals surface area contributed by atoms with Crippen LogP contribution in [0.2, 0.25) is 0 Å². The standard InChI is InChI=1S/C12H16N2O4/c1-8(15)11(12(17)18)14-10(16)3-2-9-4-6-13-7-5-9/h4-8,11,15H,2-3H2,1H3,(H,14,16)(H,17,18). The van der Waals surface area contributed by atoms with Crippen molar-refractivity contribution in [3.63, 3.8) is 0 Å². The molecule has 0 bridgehead atoms. The lowest BCUT2D eigenvalue weighted by Gasteiger charge is -2.16. The molecule has 6 heteroatoms. The molecule has 6 nitrogen and oxygen atoms in total. The first-order valence-electron chi connectivity index (χ1n) is 5.60. The third kappa shape index (κ3) is 4.50. The fourth-order valence-electron chi connectivity index (χ4n) is 1.44. The molecule has 1 aromatic rings. The average molecular weight is 252 g/mol. The van der Waals surface area contributed by atoms with Gasteiger partial charge in [-0.1, -0.05) is 0 Å². The number of carboxylic acids is 1. The molecule has 0 aliphatic rings. The van der Waals surface area contributed by atoms with Gasteiger partial charge in [0.2, 0.25) is 5.91 Å². The van der Waals surface area contributed by atoms with Gasteiger partial charge in [-0.15, -0.1) is 0 Å². The summed E-state index contributed by atoms with van der Waals surface area (Å²) in [5, 5.41) is 20.3. The Hall–Kier alpha value is -1.95. The molecule has 1 rings (SSSR count). The zero-order chi connectivity index (χ0) is 13.5. The highest BCUT2D eigenvalue weighted by Gasteiger charge is 2.24. The number of aliphatic hydroxyl groups is 1. The molecule has 3 N–H and O–H groups in total. The second-order valence-corrected chi connectivity index (χ2v) is 3.98. The number of hydrogen-bond donors (Lipinski definition) is 3. The molecule has 0 aromatic carbocycles. The number of carbonyl (C=O) groups is 2. The van der Waals surface area contributed by atoms with Gasteiger partial charge in [0.05, 0.1) is 6.10 Å². The van der Waals surface area contributed by atoms with Crippen LogP contribution in [-0.4, -0.2) is 39.2 Å². The molecule has 98 valence electrons. The van der Waals surface area contributed by atoms with E-state index >= 15 is 0 Å². The van der Waals surface area contributed by atoms with Crippen LogP contribution < -0.4 is 5.32 Å². The number of carbonyl (C=O) groups excluding carboxylic acids is 1. The molecule has 1 amide bonds. The second kappa shape index (κ2) is 6.70. The Morgan fingerprint density at radius 1 is 1.39 bits per heavy atom. The lowest BCUT2D eigenvalue weighted by molar-refractivity contribution is -0.144. The maximum absolute atomic E-state index is 11.5. The summed E-state index contributed by atoms with van der Waals surface area (Å²) >= 11 is 0. The Balaban J connectivity index is 2.44. The van der Waals surface area contributed by atoms with Gasteiger partial charge in [0, 0.05) is 18.8 Å². The number of nitrogens with one attached hydrogen (secondary N) is 1. The number of nitrogens with zero attached hydrogens (tertiary/aromatic N) is 1. The predicted molar refractivity (Wildman–Crippen MR) is 63.8 cm³/mol. The number of rotatable bonds is 6. The lowest BCUT2D eigenvalue weighted by Crippen LogP contribution is -2.47. The van der Waals surface area contributed by atoms with Crippen LogP contribution in [0.25, 0.3) is 0 Å². The van der Waals surface area contributed by atoms with Gasteiger partial charge in [-0.2, -0.15) is 0 Å². The van der Waals surface area contributed by atoms with Crippen molar-refractivity contribution in [2.45, 2.75) is 31.9 Å². The summed E-state index contributed by atoms with van der Waals surface area (Å²) in [6.45, 7) is 1.32. The van der Waals surface area contributed by atoms with Crippen molar-refractivity contribution in [2.24, 2.45) is 0 Å². The van der Waals surface area contributed by atoms with E-state index in [9.17, 15) is 14.7 Å². The van der Waals surface area contributed by atoms with Gasteiger partial charge < -0.3 is 15.5 Å². The number of amides is 1. The maximum atomic E-state index is 11.5. The number of pyridine rings is 1. The van der Waals surface area contributed by atoms with Crippen LogP contribution in [0, 0.1) is 0 Å². The molecule has 1 aromatic heterocycles. The van der Waals surface area contributed by atoms with Crippen LogP contribution in [0.1, 0.15) is 18.9 Å². The summed E-state index contributed by atoms with van der Waals surface area (Å²) in [7, 11) is 0. The molecule has 0 fully saturated rings. The molecule has 18 heavy (non-hydrogen) atoms. The smallest absolute Gasteiger partial charge is 0.328 e. The van der Waals surface area contributed by atoms with Crippen LogP contribution in [0.15, 0.2) is 24.5 Å². The number of aliphatic carboxylic acids is 1. The van der Waals surface area contributed by atoms with Crippen LogP contribution >= 0.6 is 0 Å². The van der Waals surface area contributed by atoms with Crippen molar-refractivity contribution in [2.75, 3.05) is 0 Å². The van der Waals surface area contributed by atoms with Gasteiger partial charge in [-0.3, -0.25) is 9.78 Å². The van der Waals surface area contributed by atoms with E-state index in [-0.39, 0.29) is 6.42 Å². The Kier molecular flexibility index (Phi) is 5.26. The minimum Gasteiger partial charge on any atom is -0.480 e. The van der Waals surface area contributed by atoms with Crippen LogP contribution in [0.4, 0.5) is 0 Å². The molecule has 0 saturated carbocycles. The van der Waals surface area contributed by atoms with Crippen LogP contribution in [0.3, 0.4) is 0 Å². The highest BCUT2D eigenvalue weighted by molar-refractivity contribution is 5.84. The average Bonchev–Trinajstić information content (AvgIpc) is 2.34. The zero-order valence-corrected chi connectivity index (χ0v) is 10.0. The molecule has 0 aliphatic heterocycles. The van der Waals surface area contributed by atoms with Gasteiger partial charge in [-0.25, -0.2) is 4.79 Å². The Morgan fingerprint density at radius 2 is 2.00 bits per heavy atom. The Morgan fingerprint density at radius 3 is 2.50 bits per heavy atom. The van der Waals surface area contributed by atoms with E-state index in [1.54, 1.807) is 24.5 Å². The van der Waals surface area contributed by atoms with E-state index in [1.807, 2.05) is 0 Å². The third-order valence-corrected chi connectivity index (χ3v) is 2.46. The van der Waals surface area contributed by atoms with Crippen molar-refractivity contribution in [3.8, 4) is 0 Å². The van der Waals surface area contributed by atoms with Gasteiger partial charge >= 0.3 is 5.97 Å². The van der Waals surface area contributed by atoms with E-state index in [4.69, 9.17) is 5.11 Å². The molecule has 0 spiro atoms. The topological polar surface area (TPSA) is 99.5 Å². The number of aromatic nitrogens is 1. The summed E-state index contributed by atoms with van der Waals surface area (Å²) in [5.74, 6) is -1.65. The number of aliphatic hydroxyl groups excluding tert-OH is 1. The van der Waals surface area contributed by atoms with Gasteiger partial charge in [0.25, 0.3) is 0 Å². The molecule has 0 saturated heterocycles. The summed E-state index contributed by atoms with van der Waals surface area (Å²) in [5.41, 5.74) is 0.948. The maximum Gasteiger partial charge on any atom is 0.328 e. The molecule has 0 aliphatic carbocycles. The fourth-order valence-corrected chi connectivity index (χ4v) is 1.44. The predicted octanol–water partition coefficient (Wildman–Crippen LogP) is -0.0356. The molecular weight excluding hydrogens is 236 g/mol. The van der Waals surface area contributed by atoms with E-state index in [0.29, 0.717) is 6.42 Å². The van der Waals surface area contributed by atoms with E-state index in [2.05, 4.69) is 10.3 Å². The first-order chi connectivity index (χ1) is 8.50. The number of hydrogen-bond acceptors (Lipinski definition) is 4. The molecule has 1 heterocycles. The Labute approximate surface area is 105 Å². The number of aryl methyl sites for hydroxylation is 1. The minimum absolute atomic E-state index is 0.167. The van der Waals surface area contributed by atoms with Gasteiger partial charge in [0.15, 0.2) is 6.04 Å². The summed E-state index contributed by atoms with van der Waals surface area (Å²) in [4.78, 5) is 26.2. The van der Waals surface area contributed by atoms with Crippen LogP contribution in [-0.2, 0) is 16.0 Å². The molecule has 0 radical (unpaired) electrons. The normalized spacial score (nSPS) is 13.7. The van der Waals surface area contributed by atoms with Crippen molar-refractivity contribution in [1.29, 1.82) is 0 Å². The fraction of sp³-hybridized carbons (Fsp3) is 0.417. The summed E-state index contributed by atoms with van der Waals surface area (Å²) < 4.78 is 0. The summed E-state index contributed by atoms with van der Waals surface area (Å²) in [6, 6.07) is 2.31. The zero-order valence-electron chi connectivity index (χ0n) is 10.0. The monoisotopic (exact) mass is 252 g/mol. The highest BCUT2D eigenvalue weighted by Crippen LogP contribution is 2.01. The molecule has 2 unspecified atom stereocenters. The minimum atomic E-state index is -1.27. The lowest BCUT2D eigenvalue weighted by atomic mass is 10.1. The molecule has 2 atom stereocenters. The largest absolute Gasteiger partial charge is 0.480 e. The van der Waals surface area contributed by atoms with Crippen molar-refractivity contribution in [1.82, 2.24) is 10.3 Å². The first-order valence-corrected chi connectivity index (χ1v) is 5.60. The van der Waals surface area contributed by atoms with E-state index in [0.717, 1.165) is 5.56 Å². The van der Waals surface area contributed by atoms with E-state index < -0.39 is 24.0 Å². The van der Waals surface area contributed by atoms with E-state index in [1.165, 1.54) is 6.92 Å². The van der Waals surface area contributed by atoms with Crippen molar-refractivity contribution in [3.05, 3.63) is 30.1 Å². The molecular formula is C12H16N2O4. The quantitative estimate of drug-likeness (QED) is 0.660. The highest BCUT2D eigenvalue weighted by atomic mass is 16.4. The van der Waals surface area contributed by atoms with Gasteiger partial charge in [-0.05, 0) is 31.0 Å². The SMILES string of the molecule is CC(O)C(NC(=O)CCc1ccncc1)C(=O)O.